The highest BCUT2D eigenvalue weighted by Crippen LogP contribution is 2.23. The van der Waals surface area contributed by atoms with Crippen LogP contribution in [0, 0.1) is 0 Å². The molecule has 6 nitrogen and oxygen atoms in total. The van der Waals surface area contributed by atoms with Gasteiger partial charge in [0, 0.05) is 24.5 Å². The number of benzene rings is 3. The lowest BCUT2D eigenvalue weighted by Crippen LogP contribution is -2.30. The first-order chi connectivity index (χ1) is 13.9. The van der Waals surface area contributed by atoms with E-state index in [0.717, 1.165) is 16.3 Å². The highest BCUT2D eigenvalue weighted by Gasteiger charge is 2.19. The number of fused-ring (bicyclic) bond motifs is 1. The van der Waals surface area contributed by atoms with Crippen molar-refractivity contribution in [3.05, 3.63) is 77.9 Å². The predicted molar refractivity (Wildman–Crippen MR) is 111 cm³/mol. The summed E-state index contributed by atoms with van der Waals surface area (Å²) in [5.74, 6) is -1.12. The van der Waals surface area contributed by atoms with Crippen LogP contribution in [0.1, 0.15) is 29.8 Å². The van der Waals surface area contributed by atoms with Gasteiger partial charge in [0.25, 0.3) is 5.91 Å². The molecule has 29 heavy (non-hydrogen) atoms. The van der Waals surface area contributed by atoms with Gasteiger partial charge in [0.1, 0.15) is 0 Å². The average Bonchev–Trinajstić information content (AvgIpc) is 2.72. The molecule has 0 spiro atoms. The zero-order valence-corrected chi connectivity index (χ0v) is 16.3. The van der Waals surface area contributed by atoms with Gasteiger partial charge in [-0.3, -0.25) is 9.59 Å². The van der Waals surface area contributed by atoms with Gasteiger partial charge in [-0.1, -0.05) is 48.5 Å². The van der Waals surface area contributed by atoms with Crippen LogP contribution in [0.15, 0.2) is 66.7 Å². The fourth-order valence-electron chi connectivity index (χ4n) is 2.84. The van der Waals surface area contributed by atoms with Crippen molar-refractivity contribution in [3.63, 3.8) is 0 Å². The van der Waals surface area contributed by atoms with E-state index in [9.17, 15) is 14.4 Å². The standard InChI is InChI=1S/C23H22N2O4/c1-15(22(27)25-21-9-5-7-18-6-3-4-8-20(18)21)29-23(28)19-12-10-17(11-13-19)14-24-16(2)26/h3-13,15H,14H2,1-2H3,(H,24,26)(H,25,27). The molecule has 1 atom stereocenters. The lowest BCUT2D eigenvalue weighted by atomic mass is 10.1. The molecule has 6 heteroatoms. The van der Waals surface area contributed by atoms with Gasteiger partial charge in [-0.2, -0.15) is 0 Å². The summed E-state index contributed by atoms with van der Waals surface area (Å²) in [5, 5.41) is 7.43. The van der Waals surface area contributed by atoms with E-state index in [-0.39, 0.29) is 5.91 Å². The molecule has 0 heterocycles. The maximum Gasteiger partial charge on any atom is 0.338 e. The Hall–Kier alpha value is -3.67. The molecule has 0 aliphatic carbocycles. The topological polar surface area (TPSA) is 84.5 Å². The number of nitrogens with one attached hydrogen (secondary N) is 2. The molecule has 0 saturated carbocycles. The lowest BCUT2D eigenvalue weighted by molar-refractivity contribution is -0.123. The molecule has 148 valence electrons. The Labute approximate surface area is 168 Å². The third-order valence-corrected chi connectivity index (χ3v) is 4.43. The molecular formula is C23H22N2O4. The Bertz CT molecular complexity index is 1040. The molecule has 3 aromatic carbocycles. The number of ether oxygens (including phenoxy) is 1. The number of rotatable bonds is 6. The van der Waals surface area contributed by atoms with Crippen molar-refractivity contribution in [1.82, 2.24) is 5.32 Å². The highest BCUT2D eigenvalue weighted by atomic mass is 16.5. The second-order valence-corrected chi connectivity index (χ2v) is 6.67. The van der Waals surface area contributed by atoms with Crippen molar-refractivity contribution in [1.29, 1.82) is 0 Å². The van der Waals surface area contributed by atoms with E-state index in [2.05, 4.69) is 10.6 Å². The molecule has 0 radical (unpaired) electrons. The molecule has 2 N–H and O–H groups in total. The summed E-state index contributed by atoms with van der Waals surface area (Å²) in [4.78, 5) is 35.8. The average molecular weight is 390 g/mol. The summed E-state index contributed by atoms with van der Waals surface area (Å²) >= 11 is 0. The van der Waals surface area contributed by atoms with Gasteiger partial charge < -0.3 is 15.4 Å². The van der Waals surface area contributed by atoms with E-state index in [1.54, 1.807) is 24.3 Å². The fourth-order valence-corrected chi connectivity index (χ4v) is 2.84. The molecule has 0 fully saturated rings. The van der Waals surface area contributed by atoms with E-state index in [1.807, 2.05) is 42.5 Å². The number of hydrogen-bond donors (Lipinski definition) is 2. The molecule has 1 unspecified atom stereocenters. The van der Waals surface area contributed by atoms with Crippen LogP contribution >= 0.6 is 0 Å². The summed E-state index contributed by atoms with van der Waals surface area (Å²) in [6.45, 7) is 3.36. The minimum atomic E-state index is -0.958. The number of amides is 2. The van der Waals surface area contributed by atoms with E-state index >= 15 is 0 Å². The molecule has 0 aromatic heterocycles. The van der Waals surface area contributed by atoms with Gasteiger partial charge in [-0.15, -0.1) is 0 Å². The Kier molecular flexibility index (Phi) is 6.24. The van der Waals surface area contributed by atoms with Crippen LogP contribution in [-0.4, -0.2) is 23.9 Å². The Morgan fingerprint density at radius 1 is 0.931 bits per heavy atom. The normalized spacial score (nSPS) is 11.5. The monoisotopic (exact) mass is 390 g/mol. The zero-order valence-electron chi connectivity index (χ0n) is 16.3. The number of esters is 1. The van der Waals surface area contributed by atoms with Crippen molar-refractivity contribution in [2.45, 2.75) is 26.5 Å². The molecule has 0 bridgehead atoms. The Morgan fingerprint density at radius 3 is 2.34 bits per heavy atom. The molecule has 3 aromatic rings. The summed E-state index contributed by atoms with van der Waals surface area (Å²) in [5.41, 5.74) is 1.86. The first-order valence-electron chi connectivity index (χ1n) is 9.27. The zero-order chi connectivity index (χ0) is 20.8. The summed E-state index contributed by atoms with van der Waals surface area (Å²) in [7, 11) is 0. The highest BCUT2D eigenvalue weighted by molar-refractivity contribution is 6.04. The van der Waals surface area contributed by atoms with Crippen LogP contribution in [0.4, 0.5) is 5.69 Å². The molecule has 0 saturated heterocycles. The Balaban J connectivity index is 1.61. The first kappa shape index (κ1) is 20.1. The third kappa shape index (κ3) is 5.19. The number of carbonyl (C=O) groups is 3. The largest absolute Gasteiger partial charge is 0.449 e. The molecule has 0 aliphatic rings. The second-order valence-electron chi connectivity index (χ2n) is 6.67. The number of carbonyl (C=O) groups excluding carboxylic acids is 3. The minimum Gasteiger partial charge on any atom is -0.449 e. The van der Waals surface area contributed by atoms with E-state index < -0.39 is 18.0 Å². The van der Waals surface area contributed by atoms with E-state index in [1.165, 1.54) is 13.8 Å². The summed E-state index contributed by atoms with van der Waals surface area (Å²) in [6, 6.07) is 20.0. The van der Waals surface area contributed by atoms with Gasteiger partial charge >= 0.3 is 5.97 Å². The van der Waals surface area contributed by atoms with Crippen molar-refractivity contribution < 1.29 is 19.1 Å². The third-order valence-electron chi connectivity index (χ3n) is 4.43. The molecule has 2 amide bonds. The fraction of sp³-hybridized carbons (Fsp3) is 0.174. The van der Waals surface area contributed by atoms with Crippen LogP contribution in [0.3, 0.4) is 0 Å². The number of hydrogen-bond acceptors (Lipinski definition) is 4. The van der Waals surface area contributed by atoms with Gasteiger partial charge in [0.2, 0.25) is 5.91 Å². The van der Waals surface area contributed by atoms with Crippen molar-refractivity contribution in [2.24, 2.45) is 0 Å². The van der Waals surface area contributed by atoms with Crippen molar-refractivity contribution in [2.75, 3.05) is 5.32 Å². The van der Waals surface area contributed by atoms with Crippen molar-refractivity contribution in [3.8, 4) is 0 Å². The second kappa shape index (κ2) is 9.01. The Morgan fingerprint density at radius 2 is 1.62 bits per heavy atom. The molecule has 0 aliphatic heterocycles. The van der Waals surface area contributed by atoms with Gasteiger partial charge in [-0.05, 0) is 36.1 Å². The van der Waals surface area contributed by atoms with Crippen LogP contribution < -0.4 is 10.6 Å². The first-order valence-corrected chi connectivity index (χ1v) is 9.27. The predicted octanol–water partition coefficient (Wildman–Crippen LogP) is 3.66. The van der Waals surface area contributed by atoms with Gasteiger partial charge in [0.05, 0.1) is 5.56 Å². The van der Waals surface area contributed by atoms with Crippen molar-refractivity contribution >= 4 is 34.2 Å². The van der Waals surface area contributed by atoms with Crippen LogP contribution in [0.2, 0.25) is 0 Å². The van der Waals surface area contributed by atoms with Crippen LogP contribution in [0.5, 0.6) is 0 Å². The van der Waals surface area contributed by atoms with E-state index in [4.69, 9.17) is 4.74 Å². The van der Waals surface area contributed by atoms with E-state index in [0.29, 0.717) is 17.8 Å². The van der Waals surface area contributed by atoms with Gasteiger partial charge in [0.15, 0.2) is 6.10 Å². The maximum absolute atomic E-state index is 12.5. The smallest absolute Gasteiger partial charge is 0.338 e. The van der Waals surface area contributed by atoms with Crippen LogP contribution in [0.25, 0.3) is 10.8 Å². The number of anilines is 1. The lowest BCUT2D eigenvalue weighted by Gasteiger charge is -2.15. The maximum atomic E-state index is 12.5. The SMILES string of the molecule is CC(=O)NCc1ccc(C(=O)OC(C)C(=O)Nc2cccc3ccccc23)cc1. The summed E-state index contributed by atoms with van der Waals surface area (Å²) in [6.07, 6.45) is -0.958. The summed E-state index contributed by atoms with van der Waals surface area (Å²) < 4.78 is 5.30. The minimum absolute atomic E-state index is 0.125. The molecular weight excluding hydrogens is 368 g/mol. The van der Waals surface area contributed by atoms with Gasteiger partial charge in [-0.25, -0.2) is 4.79 Å². The van der Waals surface area contributed by atoms with Crippen LogP contribution in [-0.2, 0) is 20.9 Å². The quantitative estimate of drug-likeness (QED) is 0.629. The molecule has 3 rings (SSSR count).